The standard InChI is InChI=1S/C12H16N4O6/c1-15-5-6(10(19)16(2)12(15)22)9(18)14-7(11(20)21)3-4-8(13)17/h5,7H,3-4H2,1-2H3,(H2,13,17)(H,14,18)(H,20,21). The first kappa shape index (κ1) is 17.1. The van der Waals surface area contributed by atoms with Gasteiger partial charge in [-0.15, -0.1) is 0 Å². The average molecular weight is 312 g/mol. The van der Waals surface area contributed by atoms with Crippen LogP contribution in [0.2, 0.25) is 0 Å². The van der Waals surface area contributed by atoms with Crippen molar-refractivity contribution in [3.8, 4) is 0 Å². The number of hydrogen-bond donors (Lipinski definition) is 3. The molecule has 0 aliphatic rings. The van der Waals surface area contributed by atoms with Crippen LogP contribution in [0.4, 0.5) is 0 Å². The van der Waals surface area contributed by atoms with Crippen molar-refractivity contribution in [1.29, 1.82) is 0 Å². The molecule has 0 spiro atoms. The molecule has 1 heterocycles. The lowest BCUT2D eigenvalue weighted by molar-refractivity contribution is -0.139. The maximum Gasteiger partial charge on any atom is 0.330 e. The Hall–Kier alpha value is -2.91. The second kappa shape index (κ2) is 6.70. The van der Waals surface area contributed by atoms with Crippen LogP contribution in [0.1, 0.15) is 23.2 Å². The highest BCUT2D eigenvalue weighted by Crippen LogP contribution is 1.99. The molecule has 2 amide bonds. The summed E-state index contributed by atoms with van der Waals surface area (Å²) in [6.45, 7) is 0. The molecule has 0 saturated heterocycles. The lowest BCUT2D eigenvalue weighted by Gasteiger charge is -2.14. The summed E-state index contributed by atoms with van der Waals surface area (Å²) >= 11 is 0. The molecule has 22 heavy (non-hydrogen) atoms. The smallest absolute Gasteiger partial charge is 0.330 e. The topological polar surface area (TPSA) is 153 Å². The Morgan fingerprint density at radius 1 is 1.32 bits per heavy atom. The molecule has 1 aromatic rings. The van der Waals surface area contributed by atoms with Gasteiger partial charge < -0.3 is 20.7 Å². The minimum Gasteiger partial charge on any atom is -0.480 e. The number of aromatic nitrogens is 2. The number of rotatable bonds is 6. The van der Waals surface area contributed by atoms with Crippen LogP contribution in [0, 0.1) is 0 Å². The number of carbonyl (C=O) groups excluding carboxylic acids is 2. The second-order valence-electron chi connectivity index (χ2n) is 4.67. The fourth-order valence-electron chi connectivity index (χ4n) is 1.74. The normalized spacial score (nSPS) is 11.7. The van der Waals surface area contributed by atoms with Gasteiger partial charge in [0, 0.05) is 26.7 Å². The van der Waals surface area contributed by atoms with E-state index in [2.05, 4.69) is 5.32 Å². The Bertz CT molecular complexity index is 732. The molecule has 0 saturated carbocycles. The maximum absolute atomic E-state index is 12.0. The van der Waals surface area contributed by atoms with Crippen molar-refractivity contribution in [1.82, 2.24) is 14.5 Å². The van der Waals surface area contributed by atoms with Crippen LogP contribution in [-0.4, -0.2) is 38.1 Å². The number of nitrogens with one attached hydrogen (secondary N) is 1. The Morgan fingerprint density at radius 2 is 1.91 bits per heavy atom. The van der Waals surface area contributed by atoms with E-state index in [1.165, 1.54) is 14.1 Å². The molecule has 1 aromatic heterocycles. The summed E-state index contributed by atoms with van der Waals surface area (Å²) in [5.41, 5.74) is 3.08. The van der Waals surface area contributed by atoms with Crippen molar-refractivity contribution in [2.24, 2.45) is 19.8 Å². The van der Waals surface area contributed by atoms with Crippen LogP contribution in [-0.2, 0) is 23.7 Å². The van der Waals surface area contributed by atoms with E-state index >= 15 is 0 Å². The Balaban J connectivity index is 3.06. The van der Waals surface area contributed by atoms with Crippen LogP contribution >= 0.6 is 0 Å². The molecular weight excluding hydrogens is 296 g/mol. The number of aryl methyl sites for hydroxylation is 1. The number of hydrogen-bond acceptors (Lipinski definition) is 5. The molecule has 0 fully saturated rings. The molecule has 0 radical (unpaired) electrons. The van der Waals surface area contributed by atoms with Crippen molar-refractivity contribution in [2.45, 2.75) is 18.9 Å². The Labute approximate surface area is 124 Å². The first-order valence-corrected chi connectivity index (χ1v) is 6.23. The summed E-state index contributed by atoms with van der Waals surface area (Å²) in [5, 5.41) is 11.1. The van der Waals surface area contributed by atoms with E-state index in [-0.39, 0.29) is 18.4 Å². The molecule has 10 heteroatoms. The zero-order chi connectivity index (χ0) is 17.0. The lowest BCUT2D eigenvalue weighted by atomic mass is 10.1. The number of carboxylic acid groups (broad SMARTS) is 1. The summed E-state index contributed by atoms with van der Waals surface area (Å²) in [5.74, 6) is -3.03. The molecule has 0 bridgehead atoms. The van der Waals surface area contributed by atoms with Gasteiger partial charge in [-0.05, 0) is 6.42 Å². The van der Waals surface area contributed by atoms with Crippen molar-refractivity contribution >= 4 is 17.8 Å². The van der Waals surface area contributed by atoms with Gasteiger partial charge in [-0.3, -0.25) is 19.0 Å². The summed E-state index contributed by atoms with van der Waals surface area (Å²) in [4.78, 5) is 57.1. The van der Waals surface area contributed by atoms with Crippen LogP contribution in [0.25, 0.3) is 0 Å². The largest absolute Gasteiger partial charge is 0.480 e. The SMILES string of the molecule is Cn1cc(C(=O)NC(CCC(N)=O)C(=O)O)c(=O)n(C)c1=O. The van der Waals surface area contributed by atoms with Crippen LogP contribution in [0.3, 0.4) is 0 Å². The van der Waals surface area contributed by atoms with Crippen molar-refractivity contribution in [3.63, 3.8) is 0 Å². The van der Waals surface area contributed by atoms with Gasteiger partial charge in [-0.25, -0.2) is 9.59 Å². The first-order chi connectivity index (χ1) is 10.1. The summed E-state index contributed by atoms with van der Waals surface area (Å²) in [6.07, 6.45) is 0.581. The number of primary amides is 1. The van der Waals surface area contributed by atoms with Crippen LogP contribution < -0.4 is 22.3 Å². The molecule has 1 atom stereocenters. The van der Waals surface area contributed by atoms with E-state index in [4.69, 9.17) is 10.8 Å². The molecule has 0 aliphatic carbocycles. The van der Waals surface area contributed by atoms with Gasteiger partial charge in [0.1, 0.15) is 11.6 Å². The predicted molar refractivity (Wildman–Crippen MR) is 74.2 cm³/mol. The van der Waals surface area contributed by atoms with E-state index in [0.29, 0.717) is 0 Å². The van der Waals surface area contributed by atoms with Crippen molar-refractivity contribution in [3.05, 3.63) is 32.6 Å². The highest BCUT2D eigenvalue weighted by atomic mass is 16.4. The van der Waals surface area contributed by atoms with Crippen molar-refractivity contribution < 1.29 is 19.5 Å². The molecule has 1 unspecified atom stereocenters. The van der Waals surface area contributed by atoms with E-state index in [1.54, 1.807) is 0 Å². The second-order valence-corrected chi connectivity index (χ2v) is 4.67. The fourth-order valence-corrected chi connectivity index (χ4v) is 1.74. The number of nitrogens with zero attached hydrogens (tertiary/aromatic N) is 2. The van der Waals surface area contributed by atoms with Crippen molar-refractivity contribution in [2.75, 3.05) is 0 Å². The summed E-state index contributed by atoms with van der Waals surface area (Å²) in [7, 11) is 2.55. The number of carboxylic acids is 1. The highest BCUT2D eigenvalue weighted by Gasteiger charge is 2.23. The van der Waals surface area contributed by atoms with E-state index < -0.39 is 35.1 Å². The van der Waals surface area contributed by atoms with Crippen LogP contribution in [0.5, 0.6) is 0 Å². The van der Waals surface area contributed by atoms with Crippen LogP contribution in [0.15, 0.2) is 15.8 Å². The third-order valence-electron chi connectivity index (χ3n) is 2.97. The quantitative estimate of drug-likeness (QED) is 0.529. The zero-order valence-corrected chi connectivity index (χ0v) is 12.0. The fraction of sp³-hybridized carbons (Fsp3) is 0.417. The maximum atomic E-state index is 12.0. The third-order valence-corrected chi connectivity index (χ3v) is 2.97. The molecular formula is C12H16N4O6. The van der Waals surface area contributed by atoms with Gasteiger partial charge in [-0.2, -0.15) is 0 Å². The number of nitrogens with two attached hydrogens (primary N) is 1. The van der Waals surface area contributed by atoms with Gasteiger partial charge in [0.2, 0.25) is 5.91 Å². The van der Waals surface area contributed by atoms with Gasteiger partial charge >= 0.3 is 11.7 Å². The van der Waals surface area contributed by atoms with E-state index in [0.717, 1.165) is 15.3 Å². The summed E-state index contributed by atoms with van der Waals surface area (Å²) in [6, 6.07) is -1.37. The first-order valence-electron chi connectivity index (χ1n) is 6.23. The molecule has 120 valence electrons. The average Bonchev–Trinajstić information content (AvgIpc) is 2.44. The monoisotopic (exact) mass is 312 g/mol. The Kier molecular flexibility index (Phi) is 5.22. The van der Waals surface area contributed by atoms with E-state index in [9.17, 15) is 24.0 Å². The third kappa shape index (κ3) is 3.81. The number of amides is 2. The van der Waals surface area contributed by atoms with Gasteiger partial charge in [-0.1, -0.05) is 0 Å². The van der Waals surface area contributed by atoms with Gasteiger partial charge in [0.25, 0.3) is 11.5 Å². The predicted octanol–water partition coefficient (Wildman–Crippen LogP) is -2.47. The van der Waals surface area contributed by atoms with Gasteiger partial charge in [0.05, 0.1) is 0 Å². The molecule has 1 rings (SSSR count). The number of aliphatic carboxylic acids is 1. The van der Waals surface area contributed by atoms with Gasteiger partial charge in [0.15, 0.2) is 0 Å². The lowest BCUT2D eigenvalue weighted by Crippen LogP contribution is -2.46. The zero-order valence-electron chi connectivity index (χ0n) is 12.0. The highest BCUT2D eigenvalue weighted by molar-refractivity contribution is 5.96. The molecule has 0 aromatic carbocycles. The molecule has 4 N–H and O–H groups in total. The minimum absolute atomic E-state index is 0.206. The summed E-state index contributed by atoms with van der Waals surface area (Å²) < 4.78 is 1.75. The molecule has 0 aliphatic heterocycles. The minimum atomic E-state index is -1.37. The van der Waals surface area contributed by atoms with E-state index in [1.807, 2.05) is 0 Å². The Morgan fingerprint density at radius 3 is 2.41 bits per heavy atom. The molecule has 10 nitrogen and oxygen atoms in total. The number of carbonyl (C=O) groups is 3.